The molecule has 1 nitrogen and oxygen atoms in total. The van der Waals surface area contributed by atoms with Gasteiger partial charge >= 0.3 is 0 Å². The van der Waals surface area contributed by atoms with Crippen LogP contribution in [0.25, 0.3) is 10.8 Å². The van der Waals surface area contributed by atoms with Gasteiger partial charge in [0.25, 0.3) is 0 Å². The number of hydrogen-bond donors (Lipinski definition) is 0. The highest BCUT2D eigenvalue weighted by molar-refractivity contribution is 9.09. The molecule has 0 spiro atoms. The predicted octanol–water partition coefficient (Wildman–Crippen LogP) is 5.05. The standard InChI is InChI=1S/C16H18BrN/c17-14-6-2-1-4-12(10-14)15-7-3-5-13-11-18-9-8-16(13)15/h3,5,7-9,11-12,14H,1-2,4,6,10H2. The van der Waals surface area contributed by atoms with Crippen molar-refractivity contribution in [3.8, 4) is 0 Å². The van der Waals surface area contributed by atoms with E-state index in [-0.39, 0.29) is 0 Å². The molecule has 1 aromatic carbocycles. The minimum Gasteiger partial charge on any atom is -0.264 e. The van der Waals surface area contributed by atoms with Gasteiger partial charge in [0.15, 0.2) is 0 Å². The summed E-state index contributed by atoms with van der Waals surface area (Å²) < 4.78 is 0. The molecule has 1 aliphatic carbocycles. The number of alkyl halides is 1. The van der Waals surface area contributed by atoms with E-state index in [1.54, 1.807) is 0 Å². The summed E-state index contributed by atoms with van der Waals surface area (Å²) in [7, 11) is 0. The second kappa shape index (κ2) is 5.40. The molecular weight excluding hydrogens is 286 g/mol. The molecule has 1 aromatic heterocycles. The van der Waals surface area contributed by atoms with Gasteiger partial charge in [-0.3, -0.25) is 4.98 Å². The zero-order chi connectivity index (χ0) is 12.4. The van der Waals surface area contributed by atoms with Crippen molar-refractivity contribution in [3.63, 3.8) is 0 Å². The predicted molar refractivity (Wildman–Crippen MR) is 80.3 cm³/mol. The Bertz CT molecular complexity index is 532. The Morgan fingerprint density at radius 2 is 2.00 bits per heavy atom. The average Bonchev–Trinajstić information content (AvgIpc) is 2.63. The van der Waals surface area contributed by atoms with Crippen LogP contribution in [0.4, 0.5) is 0 Å². The van der Waals surface area contributed by atoms with Crippen molar-refractivity contribution in [2.24, 2.45) is 0 Å². The van der Waals surface area contributed by atoms with E-state index < -0.39 is 0 Å². The van der Waals surface area contributed by atoms with Crippen molar-refractivity contribution in [1.82, 2.24) is 4.98 Å². The number of fused-ring (bicyclic) bond motifs is 1. The molecule has 2 atom stereocenters. The van der Waals surface area contributed by atoms with Gasteiger partial charge in [-0.05, 0) is 42.2 Å². The van der Waals surface area contributed by atoms with Crippen LogP contribution in [-0.2, 0) is 0 Å². The van der Waals surface area contributed by atoms with Gasteiger partial charge in [0.05, 0.1) is 0 Å². The fraction of sp³-hybridized carbons (Fsp3) is 0.438. The lowest BCUT2D eigenvalue weighted by Crippen LogP contribution is -2.04. The monoisotopic (exact) mass is 303 g/mol. The first kappa shape index (κ1) is 12.2. The van der Waals surface area contributed by atoms with E-state index in [4.69, 9.17) is 0 Å². The molecular formula is C16H18BrN. The number of hydrogen-bond acceptors (Lipinski definition) is 1. The average molecular weight is 304 g/mol. The van der Waals surface area contributed by atoms with Crippen LogP contribution in [0.2, 0.25) is 0 Å². The minimum atomic E-state index is 0.682. The molecule has 94 valence electrons. The quantitative estimate of drug-likeness (QED) is 0.531. The SMILES string of the molecule is BrC1CCCCC(c2cccc3cnccc23)C1. The fourth-order valence-electron chi connectivity index (χ4n) is 3.09. The van der Waals surface area contributed by atoms with Crippen LogP contribution >= 0.6 is 15.9 Å². The Kier molecular flexibility index (Phi) is 3.64. The summed E-state index contributed by atoms with van der Waals surface area (Å²) in [4.78, 5) is 4.91. The normalized spacial score (nSPS) is 24.9. The van der Waals surface area contributed by atoms with Crippen LogP contribution in [0, 0.1) is 0 Å². The Hall–Kier alpha value is -0.890. The first-order chi connectivity index (χ1) is 8.84. The molecule has 2 unspecified atom stereocenters. The second-order valence-electron chi connectivity index (χ2n) is 5.26. The third-order valence-corrected chi connectivity index (χ3v) is 4.85. The summed E-state index contributed by atoms with van der Waals surface area (Å²) in [6.45, 7) is 0. The van der Waals surface area contributed by atoms with Gasteiger partial charge < -0.3 is 0 Å². The maximum absolute atomic E-state index is 4.22. The lowest BCUT2D eigenvalue weighted by atomic mass is 9.88. The van der Waals surface area contributed by atoms with Gasteiger partial charge in [-0.1, -0.05) is 47.0 Å². The zero-order valence-electron chi connectivity index (χ0n) is 10.5. The Labute approximate surface area is 117 Å². The van der Waals surface area contributed by atoms with Gasteiger partial charge in [0.2, 0.25) is 0 Å². The summed E-state index contributed by atoms with van der Waals surface area (Å²) >= 11 is 3.83. The molecule has 0 aliphatic heterocycles. The highest BCUT2D eigenvalue weighted by atomic mass is 79.9. The van der Waals surface area contributed by atoms with Gasteiger partial charge in [0.1, 0.15) is 0 Å². The summed E-state index contributed by atoms with van der Waals surface area (Å²) in [5, 5.41) is 2.66. The number of halogens is 1. The van der Waals surface area contributed by atoms with Crippen LogP contribution in [-0.4, -0.2) is 9.81 Å². The topological polar surface area (TPSA) is 12.9 Å². The number of benzene rings is 1. The number of pyridine rings is 1. The fourth-order valence-corrected chi connectivity index (χ4v) is 3.86. The molecule has 3 rings (SSSR count). The molecule has 0 amide bonds. The van der Waals surface area contributed by atoms with E-state index in [0.717, 1.165) is 0 Å². The molecule has 0 N–H and O–H groups in total. The van der Waals surface area contributed by atoms with Crippen molar-refractivity contribution in [3.05, 3.63) is 42.2 Å². The van der Waals surface area contributed by atoms with Crippen LogP contribution < -0.4 is 0 Å². The van der Waals surface area contributed by atoms with Crippen LogP contribution in [0.5, 0.6) is 0 Å². The van der Waals surface area contributed by atoms with Crippen molar-refractivity contribution in [2.75, 3.05) is 0 Å². The van der Waals surface area contributed by atoms with Gasteiger partial charge in [-0.15, -0.1) is 0 Å². The molecule has 1 heterocycles. The van der Waals surface area contributed by atoms with E-state index >= 15 is 0 Å². The summed E-state index contributed by atoms with van der Waals surface area (Å²) in [6, 6.07) is 8.80. The van der Waals surface area contributed by atoms with Crippen molar-refractivity contribution in [1.29, 1.82) is 0 Å². The third-order valence-electron chi connectivity index (χ3n) is 4.01. The van der Waals surface area contributed by atoms with E-state index in [9.17, 15) is 0 Å². The zero-order valence-corrected chi connectivity index (χ0v) is 12.1. The molecule has 2 aromatic rings. The lowest BCUT2D eigenvalue weighted by Gasteiger charge is -2.18. The molecule has 1 saturated carbocycles. The first-order valence-electron chi connectivity index (χ1n) is 6.81. The first-order valence-corrected chi connectivity index (χ1v) is 7.73. The van der Waals surface area contributed by atoms with Crippen LogP contribution in [0.1, 0.15) is 43.6 Å². The summed E-state index contributed by atoms with van der Waals surface area (Å²) in [5.41, 5.74) is 1.52. The Morgan fingerprint density at radius 3 is 2.94 bits per heavy atom. The van der Waals surface area contributed by atoms with Crippen molar-refractivity contribution < 1.29 is 0 Å². The number of rotatable bonds is 1. The summed E-state index contributed by atoms with van der Waals surface area (Å²) in [5.74, 6) is 0.697. The lowest BCUT2D eigenvalue weighted by molar-refractivity contribution is 0.604. The van der Waals surface area contributed by atoms with Crippen LogP contribution in [0.3, 0.4) is 0 Å². The van der Waals surface area contributed by atoms with Gasteiger partial charge in [0, 0.05) is 22.6 Å². The molecule has 1 fully saturated rings. The van der Waals surface area contributed by atoms with Crippen LogP contribution in [0.15, 0.2) is 36.7 Å². The molecule has 0 bridgehead atoms. The van der Waals surface area contributed by atoms with E-state index in [1.807, 2.05) is 12.4 Å². The maximum Gasteiger partial charge on any atom is 0.0346 e. The van der Waals surface area contributed by atoms with Crippen molar-refractivity contribution in [2.45, 2.75) is 42.8 Å². The molecule has 2 heteroatoms. The van der Waals surface area contributed by atoms with E-state index in [1.165, 1.54) is 48.4 Å². The van der Waals surface area contributed by atoms with E-state index in [2.05, 4.69) is 45.2 Å². The third kappa shape index (κ3) is 2.44. The number of nitrogens with zero attached hydrogens (tertiary/aromatic N) is 1. The highest BCUT2D eigenvalue weighted by Crippen LogP contribution is 2.37. The minimum absolute atomic E-state index is 0.682. The van der Waals surface area contributed by atoms with Gasteiger partial charge in [-0.25, -0.2) is 0 Å². The molecule has 1 aliphatic rings. The summed E-state index contributed by atoms with van der Waals surface area (Å²) in [6.07, 6.45) is 10.5. The second-order valence-corrected chi connectivity index (χ2v) is 6.55. The maximum atomic E-state index is 4.22. The van der Waals surface area contributed by atoms with Crippen molar-refractivity contribution >= 4 is 26.7 Å². The molecule has 0 saturated heterocycles. The highest BCUT2D eigenvalue weighted by Gasteiger charge is 2.21. The Balaban J connectivity index is 2.02. The Morgan fingerprint density at radius 1 is 1.11 bits per heavy atom. The smallest absolute Gasteiger partial charge is 0.0346 e. The largest absolute Gasteiger partial charge is 0.264 e. The molecule has 18 heavy (non-hydrogen) atoms. The molecule has 0 radical (unpaired) electrons. The number of aromatic nitrogens is 1. The van der Waals surface area contributed by atoms with Gasteiger partial charge in [-0.2, -0.15) is 0 Å². The van der Waals surface area contributed by atoms with E-state index in [0.29, 0.717) is 10.7 Å².